The second-order valence-corrected chi connectivity index (χ2v) is 10.2. The number of hydrogen-bond donors (Lipinski definition) is 1. The van der Waals surface area contributed by atoms with Gasteiger partial charge in [-0.1, -0.05) is 82.3 Å². The normalized spacial score (nSPS) is 23.1. The zero-order valence-electron chi connectivity index (χ0n) is 19.6. The first kappa shape index (κ1) is 20.8. The molecule has 2 aliphatic heterocycles. The van der Waals surface area contributed by atoms with Gasteiger partial charge in [0.2, 0.25) is 0 Å². The smallest absolute Gasteiger partial charge is 0.0674 e. The van der Waals surface area contributed by atoms with Crippen molar-refractivity contribution in [3.63, 3.8) is 0 Å². The third-order valence-corrected chi connectivity index (χ3v) is 7.22. The first-order valence-corrected chi connectivity index (χ1v) is 11.7. The van der Waals surface area contributed by atoms with Crippen LogP contribution in [0.25, 0.3) is 0 Å². The molecule has 162 valence electrons. The van der Waals surface area contributed by atoms with Gasteiger partial charge in [-0.2, -0.15) is 0 Å². The van der Waals surface area contributed by atoms with E-state index in [1.807, 2.05) is 0 Å². The summed E-state index contributed by atoms with van der Waals surface area (Å²) in [6.07, 6.45) is 14.9. The van der Waals surface area contributed by atoms with Gasteiger partial charge in [-0.25, -0.2) is 0 Å². The summed E-state index contributed by atoms with van der Waals surface area (Å²) < 4.78 is 0. The van der Waals surface area contributed by atoms with Gasteiger partial charge in [-0.05, 0) is 65.8 Å². The summed E-state index contributed by atoms with van der Waals surface area (Å²) in [5, 5.41) is 3.62. The number of rotatable bonds is 3. The van der Waals surface area contributed by atoms with Crippen LogP contribution in [0.3, 0.4) is 0 Å². The van der Waals surface area contributed by atoms with Gasteiger partial charge < -0.3 is 5.32 Å². The molecule has 2 nitrogen and oxygen atoms in total. The summed E-state index contributed by atoms with van der Waals surface area (Å²) in [6, 6.07) is 17.1. The molecule has 1 aliphatic carbocycles. The first-order chi connectivity index (χ1) is 15.4. The van der Waals surface area contributed by atoms with Crippen molar-refractivity contribution >= 4 is 17.1 Å². The Morgan fingerprint density at radius 3 is 2.34 bits per heavy atom. The van der Waals surface area contributed by atoms with E-state index in [9.17, 15) is 0 Å². The number of benzene rings is 2. The van der Waals surface area contributed by atoms with Gasteiger partial charge in [-0.15, -0.1) is 0 Å². The fourth-order valence-electron chi connectivity index (χ4n) is 5.10. The molecule has 2 aromatic rings. The van der Waals surface area contributed by atoms with Crippen LogP contribution in [0.5, 0.6) is 0 Å². The third-order valence-electron chi connectivity index (χ3n) is 7.22. The predicted octanol–water partition coefficient (Wildman–Crippen LogP) is 7.93. The molecule has 2 aromatic carbocycles. The Kier molecular flexibility index (Phi) is 5.04. The van der Waals surface area contributed by atoms with Gasteiger partial charge in [0.05, 0.1) is 11.4 Å². The lowest BCUT2D eigenvalue weighted by Crippen LogP contribution is -2.23. The molecule has 0 saturated carbocycles. The van der Waals surface area contributed by atoms with Crippen LogP contribution in [-0.2, 0) is 10.8 Å². The Morgan fingerprint density at radius 2 is 1.56 bits per heavy atom. The predicted molar refractivity (Wildman–Crippen MR) is 137 cm³/mol. The number of hydrogen-bond acceptors (Lipinski definition) is 2. The van der Waals surface area contributed by atoms with Crippen LogP contribution in [0.15, 0.2) is 101 Å². The molecule has 3 aliphatic rings. The van der Waals surface area contributed by atoms with Crippen molar-refractivity contribution in [3.05, 3.63) is 107 Å². The summed E-state index contributed by atoms with van der Waals surface area (Å²) in [5.74, 6) is 0. The van der Waals surface area contributed by atoms with Crippen molar-refractivity contribution in [1.29, 1.82) is 0 Å². The van der Waals surface area contributed by atoms with Crippen LogP contribution in [0.2, 0.25) is 0 Å². The van der Waals surface area contributed by atoms with E-state index in [1.54, 1.807) is 0 Å². The van der Waals surface area contributed by atoms with Crippen molar-refractivity contribution in [3.8, 4) is 0 Å². The summed E-state index contributed by atoms with van der Waals surface area (Å²) in [6.45, 7) is 9.12. The number of nitrogens with one attached hydrogen (secondary N) is 1. The van der Waals surface area contributed by atoms with Gasteiger partial charge >= 0.3 is 0 Å². The van der Waals surface area contributed by atoms with Crippen molar-refractivity contribution in [2.45, 2.75) is 57.8 Å². The highest BCUT2D eigenvalue weighted by Gasteiger charge is 2.34. The molecular weight excluding hydrogens is 388 g/mol. The second-order valence-electron chi connectivity index (χ2n) is 10.2. The Bertz CT molecular complexity index is 1210. The van der Waals surface area contributed by atoms with Gasteiger partial charge in [0, 0.05) is 22.2 Å². The Labute approximate surface area is 192 Å². The van der Waals surface area contributed by atoms with E-state index in [2.05, 4.69) is 112 Å². The number of para-hydroxylation sites is 2. The van der Waals surface area contributed by atoms with Crippen LogP contribution >= 0.6 is 0 Å². The molecule has 0 fully saturated rings. The fraction of sp³-hybridized carbons (Fsp3) is 0.300. The van der Waals surface area contributed by atoms with E-state index in [-0.39, 0.29) is 10.8 Å². The monoisotopic (exact) mass is 420 g/mol. The summed E-state index contributed by atoms with van der Waals surface area (Å²) in [4.78, 5) is 4.90. The molecule has 0 amide bonds. The quantitative estimate of drug-likeness (QED) is 0.535. The third kappa shape index (κ3) is 3.58. The maximum Gasteiger partial charge on any atom is 0.0674 e. The van der Waals surface area contributed by atoms with E-state index in [4.69, 9.17) is 4.99 Å². The molecule has 5 rings (SSSR count). The lowest BCUT2D eigenvalue weighted by molar-refractivity contribution is 0.654. The summed E-state index contributed by atoms with van der Waals surface area (Å²) >= 11 is 0. The van der Waals surface area contributed by atoms with Crippen molar-refractivity contribution in [2.24, 2.45) is 4.99 Å². The molecular formula is C30H32N2. The fourth-order valence-corrected chi connectivity index (χ4v) is 5.10. The van der Waals surface area contributed by atoms with E-state index < -0.39 is 0 Å². The largest absolute Gasteiger partial charge is 0.358 e. The van der Waals surface area contributed by atoms with Gasteiger partial charge in [0.1, 0.15) is 0 Å². The van der Waals surface area contributed by atoms with E-state index in [0.717, 1.165) is 24.2 Å². The minimum Gasteiger partial charge on any atom is -0.358 e. The highest BCUT2D eigenvalue weighted by atomic mass is 14.9. The standard InChI is InChI=1S/C30H32N2/c1-29(2)23-12-5-7-14-25(23)31-27(29)18-16-21-10-9-11-22(20-21)17-19-28-30(3,4)24-13-6-8-15-26(24)32-28/h5-8,12-20,31H,9-11H2,1-4H3/b19-17+,21-16+,27-18+. The number of fused-ring (bicyclic) bond motifs is 2. The summed E-state index contributed by atoms with van der Waals surface area (Å²) in [5.41, 5.74) is 10.2. The molecule has 32 heavy (non-hydrogen) atoms. The van der Waals surface area contributed by atoms with Crippen molar-refractivity contribution in [1.82, 2.24) is 0 Å². The van der Waals surface area contributed by atoms with E-state index >= 15 is 0 Å². The van der Waals surface area contributed by atoms with Gasteiger partial charge in [0.25, 0.3) is 0 Å². The van der Waals surface area contributed by atoms with Gasteiger partial charge in [-0.3, -0.25) is 4.99 Å². The van der Waals surface area contributed by atoms with Crippen molar-refractivity contribution in [2.75, 3.05) is 5.32 Å². The molecule has 2 heterocycles. The highest BCUT2D eigenvalue weighted by molar-refractivity contribution is 6.08. The number of aliphatic imine (C=N–C) groups is 1. The first-order valence-electron chi connectivity index (χ1n) is 11.7. The molecule has 2 heteroatoms. The molecule has 0 spiro atoms. The average molecular weight is 421 g/mol. The minimum absolute atomic E-state index is 0.00989. The zero-order chi connectivity index (χ0) is 22.3. The molecule has 1 N–H and O–H groups in total. The number of allylic oxidation sites excluding steroid dienone is 8. The van der Waals surface area contributed by atoms with Crippen molar-refractivity contribution < 1.29 is 0 Å². The number of nitrogens with zero attached hydrogens (tertiary/aromatic N) is 1. The zero-order valence-corrected chi connectivity index (χ0v) is 19.6. The summed E-state index contributed by atoms with van der Waals surface area (Å²) in [7, 11) is 0. The molecule has 0 unspecified atom stereocenters. The molecule has 0 atom stereocenters. The highest BCUT2D eigenvalue weighted by Crippen LogP contribution is 2.43. The minimum atomic E-state index is -0.0415. The Hall–Kier alpha value is -3.13. The lowest BCUT2D eigenvalue weighted by Gasteiger charge is -2.21. The van der Waals surface area contributed by atoms with Crippen LogP contribution in [-0.4, -0.2) is 5.71 Å². The van der Waals surface area contributed by atoms with Crippen LogP contribution < -0.4 is 5.32 Å². The molecule has 0 bridgehead atoms. The Morgan fingerprint density at radius 1 is 0.812 bits per heavy atom. The molecule has 0 aromatic heterocycles. The average Bonchev–Trinajstić information content (AvgIpc) is 3.20. The topological polar surface area (TPSA) is 24.4 Å². The maximum atomic E-state index is 4.90. The van der Waals surface area contributed by atoms with E-state index in [0.29, 0.717) is 0 Å². The number of anilines is 1. The van der Waals surface area contributed by atoms with Crippen LogP contribution in [0.4, 0.5) is 11.4 Å². The second kappa shape index (κ2) is 7.78. The molecule has 0 saturated heterocycles. The maximum absolute atomic E-state index is 4.90. The van der Waals surface area contributed by atoms with Crippen LogP contribution in [0.1, 0.15) is 58.1 Å². The lowest BCUT2D eigenvalue weighted by atomic mass is 9.81. The van der Waals surface area contributed by atoms with Gasteiger partial charge in [0.15, 0.2) is 0 Å². The van der Waals surface area contributed by atoms with Crippen LogP contribution in [0, 0.1) is 0 Å². The Balaban J connectivity index is 1.36. The molecule has 0 radical (unpaired) electrons. The van der Waals surface area contributed by atoms with E-state index in [1.165, 1.54) is 40.1 Å². The SMILES string of the molecule is CC1(C)C(/C=C/C2=CC(=C/C=C3/Nc4ccccc4C3(C)C)/CCC2)=Nc2ccccc21.